The normalized spacial score (nSPS) is 15.0. The molecule has 0 radical (unpaired) electrons. The standard InChI is InChI=1S/C20H24O6.C12H19NO3.K/c1-2-6-18-17(5-1)23-13-9-21-11-15-25-19-7-3-4-8-20(19)26-16-12-22-10-14-24-18;1-3-5-6-10(4-2)9-16-12(15)11(7-13)8-14;/h1-8H,9-16H2;8,10,14H,3-6,9H2,1-2H3;/q;;+1/p-1/b;11-8-;. The van der Waals surface area contributed by atoms with E-state index in [4.69, 9.17) is 38.4 Å². The number of hydrogen-bond acceptors (Lipinski definition) is 10. The average molecular weight is 624 g/mol. The minimum atomic E-state index is -0.813. The zero-order valence-electron chi connectivity index (χ0n) is 25.6. The molecule has 2 aromatic rings. The Kier molecular flexibility index (Phi) is 22.6. The predicted molar refractivity (Wildman–Crippen MR) is 154 cm³/mol. The minimum absolute atomic E-state index is 0. The topological polar surface area (TPSA) is 129 Å². The number of benzene rings is 2. The number of nitrogens with zero attached hydrogens (tertiary/aromatic N) is 1. The molecule has 11 heteroatoms. The smallest absolute Gasteiger partial charge is 0.877 e. The Morgan fingerprint density at radius 1 is 0.837 bits per heavy atom. The van der Waals surface area contributed by atoms with Crippen molar-refractivity contribution >= 4 is 5.97 Å². The van der Waals surface area contributed by atoms with Gasteiger partial charge in [0.1, 0.15) is 38.1 Å². The van der Waals surface area contributed by atoms with E-state index in [0.717, 1.165) is 25.7 Å². The molecule has 0 aliphatic carbocycles. The number of ether oxygens (including phenoxy) is 7. The van der Waals surface area contributed by atoms with Crippen LogP contribution in [0, 0.1) is 17.2 Å². The van der Waals surface area contributed by atoms with Crippen LogP contribution in [0.15, 0.2) is 60.4 Å². The number of nitriles is 1. The van der Waals surface area contributed by atoms with Crippen LogP contribution in [-0.4, -0.2) is 65.4 Å². The third-order valence-corrected chi connectivity index (χ3v) is 6.09. The van der Waals surface area contributed by atoms with E-state index in [-0.39, 0.29) is 64.3 Å². The van der Waals surface area contributed by atoms with Crippen molar-refractivity contribution in [3.8, 4) is 29.1 Å². The summed E-state index contributed by atoms with van der Waals surface area (Å²) in [6.07, 6.45) is 4.36. The van der Waals surface area contributed by atoms with Crippen molar-refractivity contribution < 1.29 is 94.4 Å². The van der Waals surface area contributed by atoms with Crippen molar-refractivity contribution in [1.29, 1.82) is 5.26 Å². The van der Waals surface area contributed by atoms with E-state index in [1.807, 2.05) is 55.5 Å². The van der Waals surface area contributed by atoms with Gasteiger partial charge in [0.05, 0.1) is 33.0 Å². The Morgan fingerprint density at radius 2 is 1.26 bits per heavy atom. The maximum atomic E-state index is 11.2. The molecule has 43 heavy (non-hydrogen) atoms. The number of carbonyl (C=O) groups is 1. The van der Waals surface area contributed by atoms with Crippen LogP contribution in [0.3, 0.4) is 0 Å². The van der Waals surface area contributed by atoms with Crippen LogP contribution in [0.5, 0.6) is 23.0 Å². The third kappa shape index (κ3) is 16.4. The molecule has 3 rings (SSSR count). The van der Waals surface area contributed by atoms with Gasteiger partial charge in [-0.25, -0.2) is 4.79 Å². The van der Waals surface area contributed by atoms with Crippen molar-refractivity contribution in [3.63, 3.8) is 0 Å². The summed E-state index contributed by atoms with van der Waals surface area (Å²) in [6.45, 7) is 8.07. The third-order valence-electron chi connectivity index (χ3n) is 6.09. The predicted octanol–water partition coefficient (Wildman–Crippen LogP) is 1.47. The summed E-state index contributed by atoms with van der Waals surface area (Å²) in [5.41, 5.74) is -0.467. The van der Waals surface area contributed by atoms with Crippen molar-refractivity contribution in [2.45, 2.75) is 39.5 Å². The molecule has 2 aromatic carbocycles. The van der Waals surface area contributed by atoms with Crippen LogP contribution in [0.1, 0.15) is 39.5 Å². The second-order valence-corrected chi connectivity index (χ2v) is 9.17. The molecule has 1 aliphatic rings. The molecule has 0 spiro atoms. The summed E-state index contributed by atoms with van der Waals surface area (Å²) in [7, 11) is 0. The number of rotatable bonds is 7. The molecule has 0 fully saturated rings. The molecule has 1 aliphatic heterocycles. The van der Waals surface area contributed by atoms with Gasteiger partial charge in [0, 0.05) is 0 Å². The van der Waals surface area contributed by atoms with Crippen molar-refractivity contribution in [2.75, 3.05) is 59.5 Å². The van der Waals surface area contributed by atoms with E-state index in [0.29, 0.717) is 81.8 Å². The molecule has 1 atom stereocenters. The SMILES string of the molecule is CCCCC(CC)COC(=O)/C(C#N)=C\[O-].[K+].c1ccc2c(c1)OCCOCCOc1ccccc1OCCOCCO2. The molecular formula is C32H42KNO9. The fraction of sp³-hybridized carbons (Fsp3) is 0.500. The molecule has 1 heterocycles. The molecule has 0 saturated carbocycles. The van der Waals surface area contributed by atoms with Crippen LogP contribution >= 0.6 is 0 Å². The van der Waals surface area contributed by atoms with Gasteiger partial charge in [-0.05, 0) is 36.6 Å². The Bertz CT molecular complexity index is 995. The summed E-state index contributed by atoms with van der Waals surface area (Å²) >= 11 is 0. The van der Waals surface area contributed by atoms with Crippen LogP contribution in [0.2, 0.25) is 0 Å². The van der Waals surface area contributed by atoms with Gasteiger partial charge < -0.3 is 38.3 Å². The van der Waals surface area contributed by atoms with Gasteiger partial charge in [-0.2, -0.15) is 5.26 Å². The van der Waals surface area contributed by atoms with Gasteiger partial charge in [-0.3, -0.25) is 0 Å². The monoisotopic (exact) mass is 623 g/mol. The van der Waals surface area contributed by atoms with Gasteiger partial charge in [0.2, 0.25) is 0 Å². The molecule has 1 unspecified atom stereocenters. The van der Waals surface area contributed by atoms with E-state index in [9.17, 15) is 9.90 Å². The summed E-state index contributed by atoms with van der Waals surface area (Å²) in [5.74, 6) is 2.30. The molecule has 230 valence electrons. The van der Waals surface area contributed by atoms with Gasteiger partial charge >= 0.3 is 57.4 Å². The number of fused-ring (bicyclic) bond motifs is 2. The molecular weight excluding hydrogens is 581 g/mol. The summed E-state index contributed by atoms with van der Waals surface area (Å²) in [6, 6.07) is 16.7. The zero-order valence-corrected chi connectivity index (χ0v) is 28.7. The Hall–Kier alpha value is -2.30. The largest absolute Gasteiger partial charge is 1.00 e. The van der Waals surface area contributed by atoms with E-state index >= 15 is 0 Å². The molecule has 0 N–H and O–H groups in total. The van der Waals surface area contributed by atoms with E-state index in [1.54, 1.807) is 0 Å². The Balaban J connectivity index is 0.000000474. The first kappa shape index (κ1) is 38.7. The van der Waals surface area contributed by atoms with Crippen molar-refractivity contribution in [2.24, 2.45) is 5.92 Å². The van der Waals surface area contributed by atoms with Crippen molar-refractivity contribution in [1.82, 2.24) is 0 Å². The minimum Gasteiger partial charge on any atom is -0.877 e. The number of unbranched alkanes of at least 4 members (excludes halogenated alkanes) is 1. The fourth-order valence-corrected chi connectivity index (χ4v) is 3.71. The molecule has 0 saturated heterocycles. The Morgan fingerprint density at radius 3 is 1.58 bits per heavy atom. The molecule has 0 amide bonds. The van der Waals surface area contributed by atoms with Gasteiger partial charge in [-0.15, -0.1) is 6.26 Å². The summed E-state index contributed by atoms with van der Waals surface area (Å²) in [5, 5.41) is 18.7. The van der Waals surface area contributed by atoms with Gasteiger partial charge in [0.25, 0.3) is 0 Å². The van der Waals surface area contributed by atoms with Gasteiger partial charge in [0.15, 0.2) is 23.0 Å². The Labute approximate surface area is 297 Å². The average Bonchev–Trinajstić information content (AvgIpc) is 3.02. The second kappa shape index (κ2) is 25.1. The van der Waals surface area contributed by atoms with E-state index in [2.05, 4.69) is 6.92 Å². The first-order valence-electron chi connectivity index (χ1n) is 14.4. The maximum Gasteiger partial charge on any atom is 1.00 e. The van der Waals surface area contributed by atoms with Crippen LogP contribution in [0.25, 0.3) is 0 Å². The number of para-hydroxylation sites is 4. The quantitative estimate of drug-likeness (QED) is 0.147. The van der Waals surface area contributed by atoms with Crippen molar-refractivity contribution in [3.05, 3.63) is 60.4 Å². The zero-order chi connectivity index (χ0) is 30.3. The van der Waals surface area contributed by atoms with E-state index in [1.165, 1.54) is 6.07 Å². The first-order valence-corrected chi connectivity index (χ1v) is 14.4. The van der Waals surface area contributed by atoms with Crippen LogP contribution in [-0.2, 0) is 19.0 Å². The number of hydrogen-bond donors (Lipinski definition) is 0. The first-order chi connectivity index (χ1) is 20.6. The van der Waals surface area contributed by atoms with Crippen LogP contribution < -0.4 is 75.4 Å². The van der Waals surface area contributed by atoms with Gasteiger partial charge in [-0.1, -0.05) is 57.4 Å². The molecule has 10 nitrogen and oxygen atoms in total. The number of esters is 1. The number of carbonyl (C=O) groups excluding carboxylic acids is 1. The maximum absolute atomic E-state index is 11.2. The molecule has 0 bridgehead atoms. The molecule has 0 aromatic heterocycles. The summed E-state index contributed by atoms with van der Waals surface area (Å²) < 4.78 is 39.0. The van der Waals surface area contributed by atoms with Crippen LogP contribution in [0.4, 0.5) is 0 Å². The van der Waals surface area contributed by atoms with E-state index < -0.39 is 11.5 Å². The summed E-state index contributed by atoms with van der Waals surface area (Å²) in [4.78, 5) is 11.2. The second-order valence-electron chi connectivity index (χ2n) is 9.17. The fourth-order valence-electron chi connectivity index (χ4n) is 3.71.